The molecule has 1 amide bonds. The Balaban J connectivity index is 2.44. The van der Waals surface area contributed by atoms with Gasteiger partial charge in [-0.25, -0.2) is 0 Å². The van der Waals surface area contributed by atoms with Gasteiger partial charge in [-0.1, -0.05) is 13.3 Å². The first-order chi connectivity index (χ1) is 9.33. The summed E-state index contributed by atoms with van der Waals surface area (Å²) in [5.41, 5.74) is -0.477. The highest BCUT2D eigenvalue weighted by molar-refractivity contribution is 5.81. The van der Waals surface area contributed by atoms with Crippen molar-refractivity contribution < 1.29 is 14.3 Å². The van der Waals surface area contributed by atoms with Gasteiger partial charge in [0.05, 0.1) is 6.54 Å². The molecule has 0 unspecified atom stereocenters. The molecule has 0 radical (unpaired) electrons. The van der Waals surface area contributed by atoms with Gasteiger partial charge in [0.2, 0.25) is 5.91 Å². The molecule has 1 aliphatic heterocycles. The zero-order valence-electron chi connectivity index (χ0n) is 13.2. The van der Waals surface area contributed by atoms with E-state index >= 15 is 0 Å². The molecule has 0 aromatic carbocycles. The number of nitrogens with zero attached hydrogens (tertiary/aromatic N) is 1. The van der Waals surface area contributed by atoms with Crippen molar-refractivity contribution in [1.82, 2.24) is 10.2 Å². The second-order valence-corrected chi connectivity index (χ2v) is 6.37. The van der Waals surface area contributed by atoms with Crippen LogP contribution in [0, 0.1) is 0 Å². The highest BCUT2D eigenvalue weighted by Gasteiger charge is 2.34. The molecule has 5 nitrogen and oxygen atoms in total. The Hall–Kier alpha value is -1.10. The predicted octanol–water partition coefficient (Wildman–Crippen LogP) is 1.71. The molecule has 0 aliphatic carbocycles. The van der Waals surface area contributed by atoms with Crippen molar-refractivity contribution >= 4 is 11.9 Å². The van der Waals surface area contributed by atoms with Gasteiger partial charge in [-0.2, -0.15) is 0 Å². The van der Waals surface area contributed by atoms with Crippen LogP contribution in [-0.4, -0.2) is 48.1 Å². The quantitative estimate of drug-likeness (QED) is 0.596. The van der Waals surface area contributed by atoms with Gasteiger partial charge < -0.3 is 10.1 Å². The molecule has 0 saturated carbocycles. The summed E-state index contributed by atoms with van der Waals surface area (Å²) in [6.07, 6.45) is 3.76. The van der Waals surface area contributed by atoms with Crippen LogP contribution in [0.5, 0.6) is 0 Å². The highest BCUT2D eigenvalue weighted by Crippen LogP contribution is 2.20. The van der Waals surface area contributed by atoms with E-state index in [2.05, 4.69) is 12.2 Å². The smallest absolute Gasteiger partial charge is 0.323 e. The number of rotatable bonds is 6. The third-order valence-corrected chi connectivity index (χ3v) is 3.24. The Morgan fingerprint density at radius 1 is 1.35 bits per heavy atom. The minimum absolute atomic E-state index is 0.00564. The topological polar surface area (TPSA) is 58.6 Å². The van der Waals surface area contributed by atoms with E-state index in [9.17, 15) is 9.59 Å². The summed E-state index contributed by atoms with van der Waals surface area (Å²) in [5.74, 6) is -0.217. The lowest BCUT2D eigenvalue weighted by atomic mass is 10.1. The molecular weight excluding hydrogens is 256 g/mol. The summed E-state index contributed by atoms with van der Waals surface area (Å²) < 4.78 is 5.42. The molecule has 5 heteroatoms. The number of carbonyl (C=O) groups is 2. The van der Waals surface area contributed by atoms with Gasteiger partial charge in [0.15, 0.2) is 0 Å². The molecule has 1 aliphatic rings. The molecule has 116 valence electrons. The standard InChI is InChI=1S/C15H28N2O3/c1-5-6-9-16-13(18)11-17-10-7-8-12(17)14(19)20-15(2,3)4/h12H,5-11H2,1-4H3,(H,16,18)/t12-/m1/s1. The van der Waals surface area contributed by atoms with E-state index < -0.39 is 5.60 Å². The predicted molar refractivity (Wildman–Crippen MR) is 78.4 cm³/mol. The maximum Gasteiger partial charge on any atom is 0.323 e. The first-order valence-electron chi connectivity index (χ1n) is 7.57. The van der Waals surface area contributed by atoms with Crippen molar-refractivity contribution in [2.45, 2.75) is 65.0 Å². The van der Waals surface area contributed by atoms with Gasteiger partial charge in [0.1, 0.15) is 11.6 Å². The monoisotopic (exact) mass is 284 g/mol. The van der Waals surface area contributed by atoms with E-state index in [0.29, 0.717) is 6.54 Å². The molecule has 20 heavy (non-hydrogen) atoms. The van der Waals surface area contributed by atoms with Gasteiger partial charge in [-0.3, -0.25) is 14.5 Å². The normalized spacial score (nSPS) is 19.9. The summed E-state index contributed by atoms with van der Waals surface area (Å²) in [4.78, 5) is 25.9. The van der Waals surface area contributed by atoms with Crippen molar-refractivity contribution in [2.75, 3.05) is 19.6 Å². The van der Waals surface area contributed by atoms with Crippen molar-refractivity contribution in [3.8, 4) is 0 Å². The molecule has 1 saturated heterocycles. The van der Waals surface area contributed by atoms with Crippen LogP contribution in [0.4, 0.5) is 0 Å². The molecule has 1 N–H and O–H groups in total. The number of hydrogen-bond acceptors (Lipinski definition) is 4. The van der Waals surface area contributed by atoms with E-state index in [4.69, 9.17) is 4.74 Å². The third-order valence-electron chi connectivity index (χ3n) is 3.24. The van der Waals surface area contributed by atoms with E-state index in [1.165, 1.54) is 0 Å². The van der Waals surface area contributed by atoms with Crippen LogP contribution in [0.25, 0.3) is 0 Å². The maximum atomic E-state index is 12.1. The summed E-state index contributed by atoms with van der Waals surface area (Å²) in [6, 6.07) is -0.272. The minimum atomic E-state index is -0.477. The van der Waals surface area contributed by atoms with Crippen molar-refractivity contribution in [1.29, 1.82) is 0 Å². The fourth-order valence-electron chi connectivity index (χ4n) is 2.30. The fourth-order valence-corrected chi connectivity index (χ4v) is 2.30. The van der Waals surface area contributed by atoms with Crippen LogP contribution < -0.4 is 5.32 Å². The molecule has 1 rings (SSSR count). The largest absolute Gasteiger partial charge is 0.459 e. The van der Waals surface area contributed by atoms with E-state index in [0.717, 1.165) is 32.2 Å². The SMILES string of the molecule is CCCCNC(=O)CN1CCC[C@@H]1C(=O)OC(C)(C)C. The first-order valence-corrected chi connectivity index (χ1v) is 7.57. The number of unbranched alkanes of at least 4 members (excludes halogenated alkanes) is 1. The number of carbonyl (C=O) groups excluding carboxylic acids is 2. The van der Waals surface area contributed by atoms with Crippen LogP contribution in [0.15, 0.2) is 0 Å². The second-order valence-electron chi connectivity index (χ2n) is 6.37. The number of nitrogens with one attached hydrogen (secondary N) is 1. The molecule has 0 aromatic rings. The number of amides is 1. The summed E-state index contributed by atoms with van der Waals surface area (Å²) >= 11 is 0. The van der Waals surface area contributed by atoms with Crippen LogP contribution in [0.3, 0.4) is 0 Å². The lowest BCUT2D eigenvalue weighted by molar-refractivity contribution is -0.160. The molecule has 1 atom stereocenters. The van der Waals surface area contributed by atoms with Crippen molar-refractivity contribution in [3.05, 3.63) is 0 Å². The molecular formula is C15H28N2O3. The Labute approximate surface area is 122 Å². The summed E-state index contributed by atoms with van der Waals surface area (Å²) in [5, 5.41) is 2.89. The Bertz CT molecular complexity index is 337. The second kappa shape index (κ2) is 7.62. The number of likely N-dealkylation sites (tertiary alicyclic amines) is 1. The van der Waals surface area contributed by atoms with Crippen molar-refractivity contribution in [2.24, 2.45) is 0 Å². The number of hydrogen-bond donors (Lipinski definition) is 1. The lowest BCUT2D eigenvalue weighted by Gasteiger charge is -2.26. The summed E-state index contributed by atoms with van der Waals surface area (Å²) in [7, 11) is 0. The van der Waals surface area contributed by atoms with E-state index in [-0.39, 0.29) is 24.5 Å². The highest BCUT2D eigenvalue weighted by atomic mass is 16.6. The molecule has 0 bridgehead atoms. The van der Waals surface area contributed by atoms with Crippen LogP contribution in [0.1, 0.15) is 53.4 Å². The van der Waals surface area contributed by atoms with Gasteiger partial charge in [-0.05, 0) is 46.6 Å². The van der Waals surface area contributed by atoms with Crippen LogP contribution >= 0.6 is 0 Å². The van der Waals surface area contributed by atoms with E-state index in [1.54, 1.807) is 0 Å². The Kier molecular flexibility index (Phi) is 6.46. The van der Waals surface area contributed by atoms with Gasteiger partial charge in [-0.15, -0.1) is 0 Å². The molecule has 1 fully saturated rings. The Morgan fingerprint density at radius 3 is 2.65 bits per heavy atom. The first kappa shape index (κ1) is 17.0. The van der Waals surface area contributed by atoms with Crippen LogP contribution in [-0.2, 0) is 14.3 Å². The van der Waals surface area contributed by atoms with Gasteiger partial charge in [0, 0.05) is 6.54 Å². The van der Waals surface area contributed by atoms with Crippen molar-refractivity contribution in [3.63, 3.8) is 0 Å². The van der Waals surface area contributed by atoms with Crippen LogP contribution in [0.2, 0.25) is 0 Å². The Morgan fingerprint density at radius 2 is 2.05 bits per heavy atom. The number of ether oxygens (including phenoxy) is 1. The van der Waals surface area contributed by atoms with E-state index in [1.807, 2.05) is 25.7 Å². The number of esters is 1. The fraction of sp³-hybridized carbons (Fsp3) is 0.867. The average Bonchev–Trinajstić information content (AvgIpc) is 2.75. The lowest BCUT2D eigenvalue weighted by Crippen LogP contribution is -2.45. The molecule has 0 spiro atoms. The maximum absolute atomic E-state index is 12.1. The minimum Gasteiger partial charge on any atom is -0.459 e. The average molecular weight is 284 g/mol. The summed E-state index contributed by atoms with van der Waals surface area (Å²) in [6.45, 7) is 9.45. The zero-order valence-corrected chi connectivity index (χ0v) is 13.2. The van der Waals surface area contributed by atoms with Gasteiger partial charge in [0.25, 0.3) is 0 Å². The van der Waals surface area contributed by atoms with Gasteiger partial charge >= 0.3 is 5.97 Å². The third kappa shape index (κ3) is 5.90. The zero-order chi connectivity index (χ0) is 15.2. The molecule has 1 heterocycles. The molecule has 0 aromatic heterocycles.